The van der Waals surface area contributed by atoms with Crippen molar-refractivity contribution >= 4 is 35.6 Å². The van der Waals surface area contributed by atoms with Gasteiger partial charge in [-0.25, -0.2) is 0 Å². The van der Waals surface area contributed by atoms with E-state index in [0.717, 1.165) is 19.3 Å². The van der Waals surface area contributed by atoms with Crippen LogP contribution in [0.15, 0.2) is 0 Å². The molecule has 0 bridgehead atoms. The zero-order chi connectivity index (χ0) is 20.6. The molecule has 1 fully saturated rings. The molecule has 4 nitrogen and oxygen atoms in total. The molecule has 2 unspecified atom stereocenters. The molecule has 26 heavy (non-hydrogen) atoms. The first-order valence-electron chi connectivity index (χ1n) is 9.88. The minimum absolute atomic E-state index is 0.0310. The second kappa shape index (κ2) is 7.94. The first-order valence-corrected chi connectivity index (χ1v) is 25.3. The van der Waals surface area contributed by atoms with Crippen molar-refractivity contribution in [2.45, 2.75) is 96.3 Å². The molecule has 1 aliphatic rings. The van der Waals surface area contributed by atoms with Gasteiger partial charge in [0.25, 0.3) is 0 Å². The molecule has 0 aromatic heterocycles. The van der Waals surface area contributed by atoms with Crippen molar-refractivity contribution in [3.05, 3.63) is 0 Å². The molecule has 0 spiro atoms. The Labute approximate surface area is 164 Å². The van der Waals surface area contributed by atoms with E-state index in [9.17, 15) is 4.79 Å². The fraction of sp³-hybridized carbons (Fsp3) is 0.944. The van der Waals surface area contributed by atoms with Gasteiger partial charge in [0.05, 0.1) is 42.4 Å². The van der Waals surface area contributed by atoms with Gasteiger partial charge in [0.15, 0.2) is 6.87 Å². The van der Waals surface area contributed by atoms with Gasteiger partial charge in [-0.2, -0.15) is 0 Å². The maximum Gasteiger partial charge on any atom is 0.308 e. The molecule has 1 aliphatic carbocycles. The lowest BCUT2D eigenvalue weighted by Crippen LogP contribution is -2.85. The first-order chi connectivity index (χ1) is 11.6. The molecule has 0 N–H and O–H groups in total. The fourth-order valence-electron chi connectivity index (χ4n) is 6.12. The molecule has 0 aromatic carbocycles. The highest BCUT2D eigenvalue weighted by atomic mass is 29.9. The Hall–Kier alpha value is 0.258. The third-order valence-corrected chi connectivity index (χ3v) is 73.8. The Balaban J connectivity index is 3.45. The zero-order valence-corrected chi connectivity index (χ0v) is 23.0. The van der Waals surface area contributed by atoms with Crippen molar-refractivity contribution in [1.29, 1.82) is 0 Å². The monoisotopic (exact) mass is 434 g/mol. The predicted molar refractivity (Wildman–Crippen MR) is 121 cm³/mol. The first kappa shape index (κ1) is 24.3. The second-order valence-electron chi connectivity index (χ2n) is 11.0. The van der Waals surface area contributed by atoms with Crippen molar-refractivity contribution in [2.75, 3.05) is 14.2 Å². The lowest BCUT2D eigenvalue weighted by Gasteiger charge is -2.58. The molecule has 8 heteroatoms. The van der Waals surface area contributed by atoms with E-state index in [0.29, 0.717) is 6.42 Å². The third-order valence-electron chi connectivity index (χ3n) is 6.22. The lowest BCUT2D eigenvalue weighted by molar-refractivity contribution is -0.152. The quantitative estimate of drug-likeness (QED) is 0.410. The molecule has 1 saturated carbocycles. The summed E-state index contributed by atoms with van der Waals surface area (Å²) in [5.74, 6) is -0.191. The number of carbonyl (C=O) groups excluding carboxylic acids is 1. The van der Waals surface area contributed by atoms with Gasteiger partial charge in [-0.1, -0.05) is 58.9 Å². The van der Waals surface area contributed by atoms with Crippen LogP contribution in [-0.2, 0) is 18.7 Å². The number of carbonyl (C=O) groups is 1. The van der Waals surface area contributed by atoms with Crippen LogP contribution < -0.4 is 0 Å². The maximum absolute atomic E-state index is 12.1. The van der Waals surface area contributed by atoms with E-state index in [1.807, 2.05) is 0 Å². The van der Waals surface area contributed by atoms with Crippen LogP contribution in [0.25, 0.3) is 0 Å². The number of ether oxygens (including phenoxy) is 2. The van der Waals surface area contributed by atoms with E-state index >= 15 is 0 Å². The second-order valence-corrected chi connectivity index (χ2v) is 50.4. The standard InChI is InChI=1S/C18H42O4Si4/c1-20-17(19)15-18(21-2)14-12-13-16(18)22-26(23(3,4)5,24(6,7)8)25(9,10)11/h16H,12-15H2,1-11H3. The van der Waals surface area contributed by atoms with E-state index in [2.05, 4.69) is 58.9 Å². The summed E-state index contributed by atoms with van der Waals surface area (Å²) in [5, 5.41) is 0. The van der Waals surface area contributed by atoms with Gasteiger partial charge in [-0.3, -0.25) is 4.79 Å². The van der Waals surface area contributed by atoms with Crippen molar-refractivity contribution in [3.63, 3.8) is 0 Å². The van der Waals surface area contributed by atoms with Crippen LogP contribution in [0, 0.1) is 0 Å². The smallest absolute Gasteiger partial charge is 0.308 e. The van der Waals surface area contributed by atoms with E-state index in [1.165, 1.54) is 7.11 Å². The average molecular weight is 435 g/mol. The molecule has 0 aliphatic heterocycles. The van der Waals surface area contributed by atoms with E-state index in [1.54, 1.807) is 7.11 Å². The number of rotatable bonds is 8. The SMILES string of the molecule is COC(=O)CC1(OC)CCCC1O[Si]([Si](C)(C)C)([Si](C)(C)C)[Si](C)(C)C. The van der Waals surface area contributed by atoms with Gasteiger partial charge in [-0.05, 0) is 19.3 Å². The van der Waals surface area contributed by atoms with Crippen LogP contribution in [0.3, 0.4) is 0 Å². The summed E-state index contributed by atoms with van der Waals surface area (Å²) >= 11 is 0. The molecular weight excluding hydrogens is 393 g/mol. The van der Waals surface area contributed by atoms with Crippen LogP contribution in [0.1, 0.15) is 25.7 Å². The van der Waals surface area contributed by atoms with E-state index < -0.39 is 35.2 Å². The van der Waals surface area contributed by atoms with E-state index in [-0.39, 0.29) is 12.1 Å². The van der Waals surface area contributed by atoms with Crippen LogP contribution in [0.4, 0.5) is 0 Å². The summed E-state index contributed by atoms with van der Waals surface area (Å²) < 4.78 is 18.4. The number of hydrogen-bond donors (Lipinski definition) is 0. The Bertz CT molecular complexity index is 469. The molecular formula is C18H42O4Si4. The highest BCUT2D eigenvalue weighted by Gasteiger charge is 2.66. The third kappa shape index (κ3) is 4.30. The molecule has 0 radical (unpaired) electrons. The molecule has 0 amide bonds. The van der Waals surface area contributed by atoms with Crippen LogP contribution in [0.5, 0.6) is 0 Å². The molecule has 0 aromatic rings. The Morgan fingerprint density at radius 3 is 1.73 bits per heavy atom. The minimum atomic E-state index is -1.95. The summed E-state index contributed by atoms with van der Waals surface area (Å²) in [7, 11) is -1.39. The largest absolute Gasteiger partial charge is 0.469 e. The van der Waals surface area contributed by atoms with Crippen LogP contribution in [-0.4, -0.2) is 61.5 Å². The van der Waals surface area contributed by atoms with Crippen LogP contribution >= 0.6 is 0 Å². The Morgan fingerprint density at radius 1 is 0.923 bits per heavy atom. The molecule has 1 rings (SSSR count). The van der Waals surface area contributed by atoms with Crippen molar-refractivity contribution in [3.8, 4) is 0 Å². The Morgan fingerprint density at radius 2 is 1.38 bits per heavy atom. The normalized spacial score (nSPS) is 25.4. The molecule has 0 saturated heterocycles. The average Bonchev–Trinajstić information content (AvgIpc) is 2.83. The topological polar surface area (TPSA) is 44.8 Å². The van der Waals surface area contributed by atoms with Gasteiger partial charge in [0, 0.05) is 7.11 Å². The Kier molecular flexibility index (Phi) is 7.42. The van der Waals surface area contributed by atoms with Crippen LogP contribution in [0.2, 0.25) is 58.9 Å². The van der Waals surface area contributed by atoms with Gasteiger partial charge in [-0.15, -0.1) is 0 Å². The highest BCUT2D eigenvalue weighted by molar-refractivity contribution is 7.87. The predicted octanol–water partition coefficient (Wildman–Crippen LogP) is 4.70. The van der Waals surface area contributed by atoms with Gasteiger partial charge in [0.2, 0.25) is 0 Å². The number of esters is 1. The maximum atomic E-state index is 12.1. The van der Waals surface area contributed by atoms with E-state index in [4.69, 9.17) is 13.9 Å². The zero-order valence-electron chi connectivity index (χ0n) is 19.0. The summed E-state index contributed by atoms with van der Waals surface area (Å²) in [6.45, 7) is 20.8. The van der Waals surface area contributed by atoms with Crippen molar-refractivity contribution in [1.82, 2.24) is 0 Å². The minimum Gasteiger partial charge on any atom is -0.469 e. The number of methoxy groups -OCH3 is 2. The van der Waals surface area contributed by atoms with Gasteiger partial charge < -0.3 is 13.9 Å². The highest BCUT2D eigenvalue weighted by Crippen LogP contribution is 2.45. The lowest BCUT2D eigenvalue weighted by atomic mass is 9.95. The summed E-state index contributed by atoms with van der Waals surface area (Å²) in [5.41, 5.74) is -0.510. The van der Waals surface area contributed by atoms with Gasteiger partial charge in [0.1, 0.15) is 5.60 Å². The summed E-state index contributed by atoms with van der Waals surface area (Å²) in [6, 6.07) is 0. The summed E-state index contributed by atoms with van der Waals surface area (Å²) in [6.07, 6.45) is 3.28. The van der Waals surface area contributed by atoms with Crippen molar-refractivity contribution in [2.24, 2.45) is 0 Å². The molecule has 2 atom stereocenters. The molecule has 154 valence electrons. The fourth-order valence-corrected chi connectivity index (χ4v) is 100. The van der Waals surface area contributed by atoms with Gasteiger partial charge >= 0.3 is 5.97 Å². The molecule has 0 heterocycles. The van der Waals surface area contributed by atoms with Crippen molar-refractivity contribution < 1.29 is 18.7 Å². The number of hydrogen-bond acceptors (Lipinski definition) is 4. The summed E-state index contributed by atoms with van der Waals surface area (Å²) in [4.78, 5) is 12.1.